The first-order valence-corrected chi connectivity index (χ1v) is 6.80. The highest BCUT2D eigenvalue weighted by atomic mass is 35.5. The third-order valence-corrected chi connectivity index (χ3v) is 4.01. The largest absolute Gasteiger partial charge is 0.494 e. The minimum absolute atomic E-state index is 0.758. The van der Waals surface area contributed by atoms with Gasteiger partial charge in [-0.3, -0.25) is 0 Å². The van der Waals surface area contributed by atoms with E-state index < -0.39 is 0 Å². The Labute approximate surface area is 108 Å². The van der Waals surface area contributed by atoms with Crippen molar-refractivity contribution < 1.29 is 4.74 Å². The summed E-state index contributed by atoms with van der Waals surface area (Å²) in [6.07, 6.45) is 2.60. The Bertz CT molecular complexity index is 368. The summed E-state index contributed by atoms with van der Waals surface area (Å²) in [5.41, 5.74) is 0. The maximum atomic E-state index is 5.81. The second-order valence-electron chi connectivity index (χ2n) is 5.17. The molecule has 2 unspecified atom stereocenters. The van der Waals surface area contributed by atoms with Crippen LogP contribution in [-0.2, 0) is 0 Å². The lowest BCUT2D eigenvalue weighted by Crippen LogP contribution is -2.25. The first-order valence-electron chi connectivity index (χ1n) is 6.42. The quantitative estimate of drug-likeness (QED) is 0.746. The Morgan fingerprint density at radius 1 is 1.18 bits per heavy atom. The summed E-state index contributed by atoms with van der Waals surface area (Å²) in [5.74, 6) is 2.98. The lowest BCUT2D eigenvalue weighted by atomic mass is 10.3. The molecule has 0 radical (unpaired) electrons. The maximum Gasteiger partial charge on any atom is 0.119 e. The molecule has 0 amide bonds. The van der Waals surface area contributed by atoms with Gasteiger partial charge in [0.05, 0.1) is 6.61 Å². The number of nitrogens with zero attached hydrogens (tertiary/aromatic N) is 1. The fourth-order valence-electron chi connectivity index (χ4n) is 2.69. The summed E-state index contributed by atoms with van der Waals surface area (Å²) in [7, 11) is 0. The molecule has 17 heavy (non-hydrogen) atoms. The van der Waals surface area contributed by atoms with Gasteiger partial charge in [-0.25, -0.2) is 0 Å². The molecule has 2 atom stereocenters. The van der Waals surface area contributed by atoms with E-state index in [-0.39, 0.29) is 0 Å². The van der Waals surface area contributed by atoms with Gasteiger partial charge in [-0.05, 0) is 48.9 Å². The molecule has 0 aromatic heterocycles. The van der Waals surface area contributed by atoms with Crippen LogP contribution in [0.4, 0.5) is 0 Å². The Morgan fingerprint density at radius 3 is 2.59 bits per heavy atom. The summed E-state index contributed by atoms with van der Waals surface area (Å²) in [6.45, 7) is 4.63. The smallest absolute Gasteiger partial charge is 0.119 e. The molecule has 3 rings (SSSR count). The van der Waals surface area contributed by atoms with Crippen LogP contribution >= 0.6 is 11.6 Å². The van der Waals surface area contributed by atoms with Gasteiger partial charge >= 0.3 is 0 Å². The fraction of sp³-hybridized carbons (Fsp3) is 0.571. The Hall–Kier alpha value is -0.730. The second kappa shape index (κ2) is 4.87. The standard InChI is InChI=1S/C14H18ClNO/c15-13-2-4-14(5-3-13)17-7-1-6-16-9-11-8-12(11)10-16/h2-5,11-12H,1,6-10H2. The SMILES string of the molecule is Clc1ccc(OCCCN2CC3CC3C2)cc1. The van der Waals surface area contributed by atoms with Crippen molar-refractivity contribution >= 4 is 11.6 Å². The number of ether oxygens (including phenoxy) is 1. The summed E-state index contributed by atoms with van der Waals surface area (Å²) < 4.78 is 5.67. The van der Waals surface area contributed by atoms with Crippen LogP contribution in [0.1, 0.15) is 12.8 Å². The topological polar surface area (TPSA) is 12.5 Å². The van der Waals surface area contributed by atoms with Gasteiger partial charge in [0, 0.05) is 24.7 Å². The van der Waals surface area contributed by atoms with Crippen molar-refractivity contribution in [3.8, 4) is 5.75 Å². The molecule has 1 aliphatic carbocycles. The van der Waals surface area contributed by atoms with Crippen LogP contribution in [0, 0.1) is 11.8 Å². The number of fused-ring (bicyclic) bond motifs is 1. The zero-order chi connectivity index (χ0) is 11.7. The van der Waals surface area contributed by atoms with E-state index in [2.05, 4.69) is 4.90 Å². The van der Waals surface area contributed by atoms with Crippen molar-refractivity contribution in [3.05, 3.63) is 29.3 Å². The van der Waals surface area contributed by atoms with Gasteiger partial charge in [0.25, 0.3) is 0 Å². The maximum absolute atomic E-state index is 5.81. The molecule has 3 heteroatoms. The number of piperidine rings is 1. The number of hydrogen-bond acceptors (Lipinski definition) is 2. The van der Waals surface area contributed by atoms with Gasteiger partial charge in [-0.2, -0.15) is 0 Å². The number of halogens is 1. The van der Waals surface area contributed by atoms with Crippen molar-refractivity contribution in [2.75, 3.05) is 26.2 Å². The monoisotopic (exact) mass is 251 g/mol. The molecular weight excluding hydrogens is 234 g/mol. The van der Waals surface area contributed by atoms with Crippen LogP contribution in [-0.4, -0.2) is 31.1 Å². The molecule has 0 spiro atoms. The minimum atomic E-state index is 0.758. The molecule has 1 saturated heterocycles. The third-order valence-electron chi connectivity index (χ3n) is 3.76. The van der Waals surface area contributed by atoms with E-state index in [1.54, 1.807) is 0 Å². The molecule has 2 aliphatic rings. The summed E-state index contributed by atoms with van der Waals surface area (Å²) in [6, 6.07) is 7.58. The molecule has 0 N–H and O–H groups in total. The predicted octanol–water partition coefficient (Wildman–Crippen LogP) is 3.06. The van der Waals surface area contributed by atoms with Gasteiger partial charge in [0.1, 0.15) is 5.75 Å². The van der Waals surface area contributed by atoms with Crippen LogP contribution in [0.15, 0.2) is 24.3 Å². The van der Waals surface area contributed by atoms with Crippen molar-refractivity contribution in [1.82, 2.24) is 4.90 Å². The van der Waals surface area contributed by atoms with Crippen LogP contribution in [0.25, 0.3) is 0 Å². The Morgan fingerprint density at radius 2 is 1.88 bits per heavy atom. The lowest BCUT2D eigenvalue weighted by Gasteiger charge is -2.17. The zero-order valence-corrected chi connectivity index (χ0v) is 10.7. The van der Waals surface area contributed by atoms with Crippen molar-refractivity contribution in [2.24, 2.45) is 11.8 Å². The summed E-state index contributed by atoms with van der Waals surface area (Å²) in [4.78, 5) is 2.57. The fourth-order valence-corrected chi connectivity index (χ4v) is 2.81. The Kier molecular flexibility index (Phi) is 3.26. The Balaban J connectivity index is 1.33. The molecule has 92 valence electrons. The molecule has 0 bridgehead atoms. The molecule has 1 aromatic carbocycles. The van der Waals surface area contributed by atoms with E-state index >= 15 is 0 Å². The average molecular weight is 252 g/mol. The first-order chi connectivity index (χ1) is 8.31. The minimum Gasteiger partial charge on any atom is -0.494 e. The van der Waals surface area contributed by atoms with Gasteiger partial charge in [-0.1, -0.05) is 11.6 Å². The van der Waals surface area contributed by atoms with E-state index in [9.17, 15) is 0 Å². The molecule has 1 saturated carbocycles. The number of rotatable bonds is 5. The molecule has 2 nitrogen and oxygen atoms in total. The summed E-state index contributed by atoms with van der Waals surface area (Å²) in [5, 5.41) is 0.758. The van der Waals surface area contributed by atoms with E-state index in [1.807, 2.05) is 24.3 Å². The number of benzene rings is 1. The molecule has 2 fully saturated rings. The van der Waals surface area contributed by atoms with Crippen LogP contribution in [0.3, 0.4) is 0 Å². The van der Waals surface area contributed by atoms with Gasteiger partial charge in [0.15, 0.2) is 0 Å². The third kappa shape index (κ3) is 2.93. The van der Waals surface area contributed by atoms with E-state index in [0.717, 1.165) is 35.6 Å². The highest BCUT2D eigenvalue weighted by molar-refractivity contribution is 6.30. The average Bonchev–Trinajstić information content (AvgIpc) is 2.95. The van der Waals surface area contributed by atoms with Crippen molar-refractivity contribution in [2.45, 2.75) is 12.8 Å². The van der Waals surface area contributed by atoms with E-state index in [1.165, 1.54) is 26.1 Å². The molecule has 1 aromatic rings. The van der Waals surface area contributed by atoms with Crippen molar-refractivity contribution in [3.63, 3.8) is 0 Å². The van der Waals surface area contributed by atoms with Gasteiger partial charge in [0.2, 0.25) is 0 Å². The summed E-state index contributed by atoms with van der Waals surface area (Å²) >= 11 is 5.81. The number of hydrogen-bond donors (Lipinski definition) is 0. The van der Waals surface area contributed by atoms with E-state index in [4.69, 9.17) is 16.3 Å². The molecule has 1 heterocycles. The van der Waals surface area contributed by atoms with Crippen LogP contribution < -0.4 is 4.74 Å². The zero-order valence-electron chi connectivity index (χ0n) is 9.94. The van der Waals surface area contributed by atoms with Gasteiger partial charge in [-0.15, -0.1) is 0 Å². The van der Waals surface area contributed by atoms with E-state index in [0.29, 0.717) is 0 Å². The number of likely N-dealkylation sites (tertiary alicyclic amines) is 1. The first kappa shape index (κ1) is 11.4. The second-order valence-corrected chi connectivity index (χ2v) is 5.61. The predicted molar refractivity (Wildman–Crippen MR) is 69.6 cm³/mol. The van der Waals surface area contributed by atoms with Crippen LogP contribution in [0.2, 0.25) is 5.02 Å². The van der Waals surface area contributed by atoms with Crippen LogP contribution in [0.5, 0.6) is 5.75 Å². The molecule has 1 aliphatic heterocycles. The van der Waals surface area contributed by atoms with Crippen molar-refractivity contribution in [1.29, 1.82) is 0 Å². The highest BCUT2D eigenvalue weighted by Crippen LogP contribution is 2.44. The highest BCUT2D eigenvalue weighted by Gasteiger charge is 2.44. The normalized spacial score (nSPS) is 26.9. The molecular formula is C14H18ClNO. The lowest BCUT2D eigenvalue weighted by molar-refractivity contribution is 0.250. The van der Waals surface area contributed by atoms with Gasteiger partial charge < -0.3 is 9.64 Å².